The Hall–Kier alpha value is -0.200. The van der Waals surface area contributed by atoms with Crippen LogP contribution >= 0.6 is 12.6 Å². The van der Waals surface area contributed by atoms with E-state index in [2.05, 4.69) is 25.6 Å². The van der Waals surface area contributed by atoms with E-state index in [4.69, 9.17) is 10.00 Å². The first-order valence-corrected chi connectivity index (χ1v) is 4.86. The largest absolute Gasteiger partial charge is 0.369 e. The van der Waals surface area contributed by atoms with E-state index in [9.17, 15) is 0 Å². The Labute approximate surface area is 78.3 Å². The zero-order chi connectivity index (χ0) is 8.93. The zero-order valence-electron chi connectivity index (χ0n) is 7.32. The van der Waals surface area contributed by atoms with Gasteiger partial charge in [0.05, 0.1) is 23.7 Å². The maximum atomic E-state index is 8.90. The highest BCUT2D eigenvalue weighted by Crippen LogP contribution is 2.52. The molecule has 0 aromatic heterocycles. The van der Waals surface area contributed by atoms with Crippen molar-refractivity contribution in [3.8, 4) is 6.07 Å². The normalized spacial score (nSPS) is 57.2. The Morgan fingerprint density at radius 2 is 2.33 bits per heavy atom. The molecule has 2 bridgehead atoms. The van der Waals surface area contributed by atoms with Gasteiger partial charge < -0.3 is 4.74 Å². The summed E-state index contributed by atoms with van der Waals surface area (Å²) < 4.78 is 5.79. The van der Waals surface area contributed by atoms with E-state index in [1.165, 1.54) is 0 Å². The Morgan fingerprint density at radius 1 is 1.67 bits per heavy atom. The summed E-state index contributed by atoms with van der Waals surface area (Å²) in [6.07, 6.45) is 1.07. The first kappa shape index (κ1) is 8.40. The average Bonchev–Trinajstić information content (AvgIpc) is 2.48. The molecule has 0 aromatic rings. The molecule has 2 fully saturated rings. The maximum absolute atomic E-state index is 8.90. The van der Waals surface area contributed by atoms with Crippen LogP contribution in [0.3, 0.4) is 0 Å². The summed E-state index contributed by atoms with van der Waals surface area (Å²) in [4.78, 5) is 0. The van der Waals surface area contributed by atoms with Crippen molar-refractivity contribution in [3.05, 3.63) is 0 Å². The third-order valence-electron chi connectivity index (χ3n) is 3.52. The number of hydrogen-bond donors (Lipinski definition) is 1. The molecule has 12 heavy (non-hydrogen) atoms. The van der Waals surface area contributed by atoms with E-state index in [1.54, 1.807) is 0 Å². The Balaban J connectivity index is 2.31. The number of nitrogens with zero attached hydrogens (tertiary/aromatic N) is 1. The summed E-state index contributed by atoms with van der Waals surface area (Å²) in [7, 11) is 0. The second-order valence-electron chi connectivity index (χ2n) is 4.04. The molecule has 0 aromatic carbocycles. The van der Waals surface area contributed by atoms with Crippen LogP contribution in [0.5, 0.6) is 0 Å². The number of hydrogen-bond acceptors (Lipinski definition) is 3. The molecule has 0 amide bonds. The fourth-order valence-electron chi connectivity index (χ4n) is 2.40. The molecule has 3 heteroatoms. The van der Waals surface area contributed by atoms with Crippen molar-refractivity contribution in [2.75, 3.05) is 0 Å². The standard InChI is InChI=1S/C9H13NOS/c1-5-8(12)7-3-6(4-10)9(5,2)11-7/h5-8,12H,3H2,1-2H3. The van der Waals surface area contributed by atoms with Crippen LogP contribution in [-0.4, -0.2) is 17.0 Å². The lowest BCUT2D eigenvalue weighted by Crippen LogP contribution is -2.40. The second kappa shape index (κ2) is 2.40. The molecule has 5 unspecified atom stereocenters. The molecule has 0 radical (unpaired) electrons. The van der Waals surface area contributed by atoms with E-state index in [0.717, 1.165) is 6.42 Å². The van der Waals surface area contributed by atoms with Gasteiger partial charge in [-0.25, -0.2) is 0 Å². The first-order chi connectivity index (χ1) is 5.59. The van der Waals surface area contributed by atoms with Gasteiger partial charge in [-0.3, -0.25) is 0 Å². The van der Waals surface area contributed by atoms with Crippen molar-refractivity contribution in [2.24, 2.45) is 11.8 Å². The lowest BCUT2D eigenvalue weighted by atomic mass is 9.73. The molecule has 2 nitrogen and oxygen atoms in total. The van der Waals surface area contributed by atoms with Crippen molar-refractivity contribution in [2.45, 2.75) is 37.2 Å². The van der Waals surface area contributed by atoms with E-state index in [0.29, 0.717) is 11.2 Å². The lowest BCUT2D eigenvalue weighted by molar-refractivity contribution is -0.00302. The van der Waals surface area contributed by atoms with Gasteiger partial charge in [-0.2, -0.15) is 17.9 Å². The smallest absolute Gasteiger partial charge is 0.0854 e. The molecule has 2 aliphatic heterocycles. The third kappa shape index (κ3) is 0.800. The van der Waals surface area contributed by atoms with Gasteiger partial charge in [-0.15, -0.1) is 0 Å². The van der Waals surface area contributed by atoms with E-state index < -0.39 is 0 Å². The van der Waals surface area contributed by atoms with Gasteiger partial charge in [0.15, 0.2) is 0 Å². The molecule has 2 heterocycles. The summed E-state index contributed by atoms with van der Waals surface area (Å²) >= 11 is 4.49. The van der Waals surface area contributed by atoms with Crippen LogP contribution in [0, 0.1) is 23.2 Å². The number of nitriles is 1. The molecule has 2 aliphatic rings. The van der Waals surface area contributed by atoms with Crippen molar-refractivity contribution >= 4 is 12.6 Å². The quantitative estimate of drug-likeness (QED) is 0.579. The highest BCUT2D eigenvalue weighted by atomic mass is 32.1. The fraction of sp³-hybridized carbons (Fsp3) is 0.889. The molecule has 2 saturated heterocycles. The number of rotatable bonds is 0. The lowest BCUT2D eigenvalue weighted by Gasteiger charge is -2.32. The van der Waals surface area contributed by atoms with Crippen LogP contribution in [0.15, 0.2) is 0 Å². The van der Waals surface area contributed by atoms with Crippen LogP contribution in [0.25, 0.3) is 0 Å². The van der Waals surface area contributed by atoms with Crippen LogP contribution in [0.4, 0.5) is 0 Å². The second-order valence-corrected chi connectivity index (χ2v) is 4.63. The van der Waals surface area contributed by atoms with Crippen LogP contribution in [-0.2, 0) is 4.74 Å². The van der Waals surface area contributed by atoms with Crippen molar-refractivity contribution < 1.29 is 4.74 Å². The highest BCUT2D eigenvalue weighted by molar-refractivity contribution is 7.81. The molecule has 66 valence electrons. The van der Waals surface area contributed by atoms with Gasteiger partial charge in [-0.05, 0) is 13.3 Å². The number of ether oxygens (including phenoxy) is 1. The summed E-state index contributed by atoms with van der Waals surface area (Å²) in [5.41, 5.74) is -0.230. The molecule has 5 atom stereocenters. The predicted molar refractivity (Wildman–Crippen MR) is 48.9 cm³/mol. The van der Waals surface area contributed by atoms with Gasteiger partial charge in [0.1, 0.15) is 0 Å². The molecular weight excluding hydrogens is 170 g/mol. The third-order valence-corrected chi connectivity index (χ3v) is 4.30. The van der Waals surface area contributed by atoms with Crippen LogP contribution in [0.2, 0.25) is 0 Å². The summed E-state index contributed by atoms with van der Waals surface area (Å²) in [5.74, 6) is 0.463. The molecular formula is C9H13NOS. The zero-order valence-corrected chi connectivity index (χ0v) is 8.21. The van der Waals surface area contributed by atoms with E-state index in [1.807, 2.05) is 6.92 Å². The predicted octanol–water partition coefficient (Wildman–Crippen LogP) is 1.62. The number of thiol groups is 1. The van der Waals surface area contributed by atoms with Gasteiger partial charge in [0.25, 0.3) is 0 Å². The van der Waals surface area contributed by atoms with Crippen LogP contribution in [0.1, 0.15) is 20.3 Å². The maximum Gasteiger partial charge on any atom is 0.0854 e. The Bertz CT molecular complexity index is 249. The number of fused-ring (bicyclic) bond motifs is 2. The van der Waals surface area contributed by atoms with Crippen molar-refractivity contribution in [3.63, 3.8) is 0 Å². The SMILES string of the molecule is CC1C(S)C2CC(C#N)C1(C)O2. The van der Waals surface area contributed by atoms with Gasteiger partial charge in [0.2, 0.25) is 0 Å². The van der Waals surface area contributed by atoms with Gasteiger partial charge in [0, 0.05) is 11.2 Å². The van der Waals surface area contributed by atoms with Crippen molar-refractivity contribution in [1.29, 1.82) is 5.26 Å². The van der Waals surface area contributed by atoms with E-state index >= 15 is 0 Å². The minimum atomic E-state index is -0.230. The monoisotopic (exact) mass is 183 g/mol. The van der Waals surface area contributed by atoms with E-state index in [-0.39, 0.29) is 17.6 Å². The molecule has 0 spiro atoms. The fourth-order valence-corrected chi connectivity index (χ4v) is 2.88. The van der Waals surface area contributed by atoms with Gasteiger partial charge in [-0.1, -0.05) is 6.92 Å². The summed E-state index contributed by atoms with van der Waals surface area (Å²) in [6, 6.07) is 2.33. The molecule has 0 N–H and O–H groups in total. The molecule has 0 saturated carbocycles. The summed E-state index contributed by atoms with van der Waals surface area (Å²) in [5, 5.41) is 9.22. The van der Waals surface area contributed by atoms with Crippen LogP contribution < -0.4 is 0 Å². The minimum Gasteiger partial charge on any atom is -0.369 e. The van der Waals surface area contributed by atoms with Crippen molar-refractivity contribution in [1.82, 2.24) is 0 Å². The minimum absolute atomic E-state index is 0.0703. The van der Waals surface area contributed by atoms with Gasteiger partial charge >= 0.3 is 0 Å². The average molecular weight is 183 g/mol. The molecule has 0 aliphatic carbocycles. The highest BCUT2D eigenvalue weighted by Gasteiger charge is 2.59. The first-order valence-electron chi connectivity index (χ1n) is 4.35. The molecule has 2 rings (SSSR count). The summed E-state index contributed by atoms with van der Waals surface area (Å²) in [6.45, 7) is 4.17. The topological polar surface area (TPSA) is 33.0 Å². The Morgan fingerprint density at radius 3 is 2.75 bits per heavy atom. The Kier molecular flexibility index (Phi) is 1.68.